The molecule has 0 heterocycles. The van der Waals surface area contributed by atoms with Gasteiger partial charge in [-0.25, -0.2) is 4.21 Å². The van der Waals surface area contributed by atoms with Gasteiger partial charge in [0.1, 0.15) is 5.75 Å². The fourth-order valence-corrected chi connectivity index (χ4v) is 1.87. The van der Waals surface area contributed by atoms with Crippen LogP contribution in [-0.2, 0) is 22.0 Å². The number of para-hydroxylation sites is 1. The van der Waals surface area contributed by atoms with Gasteiger partial charge >= 0.3 is 6.18 Å². The van der Waals surface area contributed by atoms with Crippen LogP contribution in [0, 0.1) is 0 Å². The molecule has 0 amide bonds. The molecular weight excluding hydrogens is 273 g/mol. The van der Waals surface area contributed by atoms with Crippen LogP contribution in [0.5, 0.6) is 5.75 Å². The van der Waals surface area contributed by atoms with Gasteiger partial charge in [-0.1, -0.05) is 12.1 Å². The maximum absolute atomic E-state index is 12.6. The van der Waals surface area contributed by atoms with E-state index in [2.05, 4.69) is 8.92 Å². The standard InChI is InChI=1S/C10H11F3O4S/c1-16-9(14)6-18(15)17-8-5-3-2-4-7(8)10(11,12)13/h2-5,9,14H,6H2,1H3. The molecule has 8 heteroatoms. The summed E-state index contributed by atoms with van der Waals surface area (Å²) in [5, 5.41) is 9.02. The highest BCUT2D eigenvalue weighted by molar-refractivity contribution is 7.80. The van der Waals surface area contributed by atoms with E-state index in [4.69, 9.17) is 5.11 Å². The molecule has 0 aliphatic carbocycles. The number of benzene rings is 1. The summed E-state index contributed by atoms with van der Waals surface area (Å²) < 4.78 is 58.1. The predicted molar refractivity (Wildman–Crippen MR) is 58.1 cm³/mol. The van der Waals surface area contributed by atoms with Crippen molar-refractivity contribution >= 4 is 11.1 Å². The zero-order valence-electron chi connectivity index (χ0n) is 9.31. The number of alkyl halides is 3. The summed E-state index contributed by atoms with van der Waals surface area (Å²) in [6, 6.07) is 4.40. The summed E-state index contributed by atoms with van der Waals surface area (Å²) in [5.41, 5.74) is -1.02. The van der Waals surface area contributed by atoms with Gasteiger partial charge in [-0.15, -0.1) is 0 Å². The molecule has 0 fully saturated rings. The molecule has 0 aromatic heterocycles. The minimum atomic E-state index is -4.60. The SMILES string of the molecule is COC(O)CS(=O)Oc1ccccc1C(F)(F)F. The van der Waals surface area contributed by atoms with Gasteiger partial charge in [0.05, 0.1) is 5.56 Å². The molecule has 0 bridgehead atoms. The lowest BCUT2D eigenvalue weighted by molar-refractivity contribution is -0.138. The van der Waals surface area contributed by atoms with Crippen molar-refractivity contribution in [1.29, 1.82) is 0 Å². The Bertz CT molecular complexity index is 422. The molecule has 0 saturated heterocycles. The van der Waals surface area contributed by atoms with E-state index < -0.39 is 40.6 Å². The Morgan fingerprint density at radius 3 is 2.56 bits per heavy atom. The summed E-state index contributed by atoms with van der Waals surface area (Å²) in [7, 11) is 1.17. The van der Waals surface area contributed by atoms with Crippen molar-refractivity contribution in [3.05, 3.63) is 29.8 Å². The molecule has 0 aliphatic heterocycles. The highest BCUT2D eigenvalue weighted by atomic mass is 32.2. The van der Waals surface area contributed by atoms with Gasteiger partial charge in [0.25, 0.3) is 0 Å². The summed E-state index contributed by atoms with van der Waals surface area (Å²) >= 11 is -2.12. The molecule has 2 unspecified atom stereocenters. The molecule has 4 nitrogen and oxygen atoms in total. The van der Waals surface area contributed by atoms with Gasteiger partial charge in [-0.2, -0.15) is 13.2 Å². The highest BCUT2D eigenvalue weighted by Gasteiger charge is 2.34. The summed E-state index contributed by atoms with van der Waals surface area (Å²) in [5.74, 6) is -0.991. The van der Waals surface area contributed by atoms with E-state index in [0.717, 1.165) is 12.1 Å². The summed E-state index contributed by atoms with van der Waals surface area (Å²) in [6.45, 7) is 0. The summed E-state index contributed by atoms with van der Waals surface area (Å²) in [6.07, 6.45) is -5.95. The van der Waals surface area contributed by atoms with Crippen LogP contribution in [0.2, 0.25) is 0 Å². The number of hydrogen-bond acceptors (Lipinski definition) is 4. The van der Waals surface area contributed by atoms with Crippen LogP contribution in [0.15, 0.2) is 24.3 Å². The molecule has 0 aliphatic rings. The second kappa shape index (κ2) is 6.17. The fourth-order valence-electron chi connectivity index (χ4n) is 1.09. The number of aliphatic hydroxyl groups is 1. The normalized spacial score (nSPS) is 15.2. The molecule has 0 radical (unpaired) electrons. The van der Waals surface area contributed by atoms with Gasteiger partial charge in [0.15, 0.2) is 12.0 Å². The molecule has 0 spiro atoms. The van der Waals surface area contributed by atoms with E-state index in [-0.39, 0.29) is 0 Å². The molecular formula is C10H11F3O4S. The third-order valence-electron chi connectivity index (χ3n) is 1.93. The van der Waals surface area contributed by atoms with Crippen molar-refractivity contribution in [3.63, 3.8) is 0 Å². The number of ether oxygens (including phenoxy) is 1. The van der Waals surface area contributed by atoms with Crippen LogP contribution in [-0.4, -0.2) is 28.5 Å². The lowest BCUT2D eigenvalue weighted by atomic mass is 10.2. The lowest BCUT2D eigenvalue weighted by Gasteiger charge is -2.13. The first-order chi connectivity index (χ1) is 8.34. The van der Waals surface area contributed by atoms with Gasteiger partial charge in [0, 0.05) is 7.11 Å². The molecule has 1 aromatic rings. The Balaban J connectivity index is 2.82. The molecule has 1 rings (SSSR count). The third kappa shape index (κ3) is 4.28. The minimum Gasteiger partial charge on any atom is -0.400 e. The number of methoxy groups -OCH3 is 1. The number of aliphatic hydroxyl groups excluding tert-OH is 1. The van der Waals surface area contributed by atoms with Gasteiger partial charge in [-0.05, 0) is 12.1 Å². The summed E-state index contributed by atoms with van der Waals surface area (Å²) in [4.78, 5) is 0. The van der Waals surface area contributed by atoms with E-state index in [1.165, 1.54) is 19.2 Å². The Morgan fingerprint density at radius 1 is 1.39 bits per heavy atom. The first-order valence-electron chi connectivity index (χ1n) is 4.78. The molecule has 0 saturated carbocycles. The van der Waals surface area contributed by atoms with Crippen LogP contribution < -0.4 is 4.18 Å². The van der Waals surface area contributed by atoms with Crippen LogP contribution in [0.1, 0.15) is 5.56 Å². The smallest absolute Gasteiger partial charge is 0.400 e. The number of hydrogen-bond donors (Lipinski definition) is 1. The predicted octanol–water partition coefficient (Wildman–Crippen LogP) is 1.71. The van der Waals surface area contributed by atoms with E-state index in [0.29, 0.717) is 0 Å². The minimum absolute atomic E-state index is 0.442. The van der Waals surface area contributed by atoms with Crippen molar-refractivity contribution in [2.24, 2.45) is 0 Å². The average Bonchev–Trinajstić information content (AvgIpc) is 2.27. The average molecular weight is 284 g/mol. The number of halogens is 3. The Morgan fingerprint density at radius 2 is 2.00 bits per heavy atom. The van der Waals surface area contributed by atoms with Crippen molar-refractivity contribution in [2.45, 2.75) is 12.5 Å². The van der Waals surface area contributed by atoms with Crippen molar-refractivity contribution < 1.29 is 31.4 Å². The van der Waals surface area contributed by atoms with E-state index in [1.807, 2.05) is 0 Å². The van der Waals surface area contributed by atoms with Gasteiger partial charge in [0.2, 0.25) is 11.1 Å². The zero-order valence-corrected chi connectivity index (χ0v) is 10.1. The molecule has 18 heavy (non-hydrogen) atoms. The quantitative estimate of drug-likeness (QED) is 0.836. The van der Waals surface area contributed by atoms with Crippen molar-refractivity contribution in [2.75, 3.05) is 12.9 Å². The first-order valence-corrected chi connectivity index (χ1v) is 6.02. The lowest BCUT2D eigenvalue weighted by Crippen LogP contribution is -2.21. The second-order valence-corrected chi connectivity index (χ2v) is 4.35. The number of rotatable bonds is 5. The van der Waals surface area contributed by atoms with E-state index in [1.54, 1.807) is 0 Å². The van der Waals surface area contributed by atoms with Gasteiger partial charge in [-0.3, -0.25) is 0 Å². The first kappa shape index (κ1) is 14.9. The van der Waals surface area contributed by atoms with E-state index >= 15 is 0 Å². The van der Waals surface area contributed by atoms with E-state index in [9.17, 15) is 17.4 Å². The highest BCUT2D eigenvalue weighted by Crippen LogP contribution is 2.36. The van der Waals surface area contributed by atoms with Crippen molar-refractivity contribution in [3.8, 4) is 5.75 Å². The maximum Gasteiger partial charge on any atom is 0.420 e. The third-order valence-corrected chi connectivity index (χ3v) is 2.85. The monoisotopic (exact) mass is 284 g/mol. The molecule has 2 atom stereocenters. The van der Waals surface area contributed by atoms with Crippen LogP contribution in [0.4, 0.5) is 13.2 Å². The zero-order chi connectivity index (χ0) is 13.8. The maximum atomic E-state index is 12.6. The topological polar surface area (TPSA) is 55.8 Å². The molecule has 1 N–H and O–H groups in total. The fraction of sp³-hybridized carbons (Fsp3) is 0.400. The molecule has 102 valence electrons. The Hall–Kier alpha value is -1.12. The molecule has 1 aromatic carbocycles. The van der Waals surface area contributed by atoms with Crippen molar-refractivity contribution in [1.82, 2.24) is 0 Å². The van der Waals surface area contributed by atoms with Crippen LogP contribution in [0.3, 0.4) is 0 Å². The Labute approximate surface area is 104 Å². The van der Waals surface area contributed by atoms with Gasteiger partial charge < -0.3 is 14.0 Å². The van der Waals surface area contributed by atoms with Crippen LogP contribution in [0.25, 0.3) is 0 Å². The van der Waals surface area contributed by atoms with Crippen LogP contribution >= 0.6 is 0 Å². The second-order valence-electron chi connectivity index (χ2n) is 3.24. The Kier molecular flexibility index (Phi) is 5.12. The largest absolute Gasteiger partial charge is 0.420 e.